The highest BCUT2D eigenvalue weighted by Crippen LogP contribution is 2.35. The normalized spacial score (nSPS) is 19.6. The Morgan fingerprint density at radius 1 is 1.06 bits per heavy atom. The second-order valence-corrected chi connectivity index (χ2v) is 11.1. The van der Waals surface area contributed by atoms with Gasteiger partial charge in [0.15, 0.2) is 0 Å². The number of carboxylic acids is 1. The molecule has 3 heterocycles. The van der Waals surface area contributed by atoms with E-state index in [1.807, 2.05) is 0 Å². The van der Waals surface area contributed by atoms with E-state index in [-0.39, 0.29) is 46.2 Å². The number of rotatable bonds is 8. The molecule has 2 N–H and O–H groups in total. The largest absolute Gasteiger partial charge is 0.481 e. The van der Waals surface area contributed by atoms with Crippen molar-refractivity contribution in [1.82, 2.24) is 9.47 Å². The van der Waals surface area contributed by atoms with Crippen LogP contribution in [0.5, 0.6) is 0 Å². The van der Waals surface area contributed by atoms with Gasteiger partial charge in [-0.15, -0.1) is 11.8 Å². The molecule has 33 heavy (non-hydrogen) atoms. The third-order valence-corrected chi connectivity index (χ3v) is 8.02. The van der Waals surface area contributed by atoms with E-state index in [0.717, 1.165) is 23.9 Å². The Hall–Kier alpha value is -2.79. The lowest BCUT2D eigenvalue weighted by atomic mass is 9.83. The maximum absolute atomic E-state index is 13.1. The van der Waals surface area contributed by atoms with Crippen LogP contribution in [0, 0.1) is 5.92 Å². The average molecular weight is 492 g/mol. The fourth-order valence-electron chi connectivity index (χ4n) is 4.54. The predicted octanol–water partition coefficient (Wildman–Crippen LogP) is 1.55. The molecular formula is C22H25N3O6S2. The Kier molecular flexibility index (Phi) is 6.80. The van der Waals surface area contributed by atoms with Crippen LogP contribution in [0.2, 0.25) is 0 Å². The first kappa shape index (κ1) is 23.4. The second-order valence-electron chi connectivity index (χ2n) is 8.42. The molecule has 0 unspecified atom stereocenters. The maximum Gasteiger partial charge on any atom is 0.313 e. The number of aromatic nitrogens is 1. The lowest BCUT2D eigenvalue weighted by molar-refractivity contribution is -0.133. The highest BCUT2D eigenvalue weighted by molar-refractivity contribution is 8.00. The van der Waals surface area contributed by atoms with E-state index in [4.69, 9.17) is 5.11 Å². The Balaban J connectivity index is 1.48. The van der Waals surface area contributed by atoms with Gasteiger partial charge >= 0.3 is 5.97 Å². The van der Waals surface area contributed by atoms with Crippen molar-refractivity contribution in [3.63, 3.8) is 0 Å². The van der Waals surface area contributed by atoms with Crippen molar-refractivity contribution in [2.24, 2.45) is 5.92 Å². The third-order valence-electron chi connectivity index (χ3n) is 5.87. The monoisotopic (exact) mass is 491 g/mol. The first-order chi connectivity index (χ1) is 15.7. The van der Waals surface area contributed by atoms with E-state index in [2.05, 4.69) is 4.72 Å². The van der Waals surface area contributed by atoms with Crippen LogP contribution in [-0.2, 0) is 31.9 Å². The summed E-state index contributed by atoms with van der Waals surface area (Å²) in [5, 5.41) is 8.75. The molecule has 9 nitrogen and oxygen atoms in total. The van der Waals surface area contributed by atoms with Gasteiger partial charge in [0.05, 0.1) is 17.3 Å². The summed E-state index contributed by atoms with van der Waals surface area (Å²) in [6, 6.07) is 12.0. The number of carbonyl (C=O) groups is 2. The van der Waals surface area contributed by atoms with E-state index >= 15 is 0 Å². The highest BCUT2D eigenvalue weighted by Gasteiger charge is 2.36. The summed E-state index contributed by atoms with van der Waals surface area (Å²) in [7, 11) is -3.75. The van der Waals surface area contributed by atoms with Crippen molar-refractivity contribution in [2.45, 2.75) is 24.6 Å². The summed E-state index contributed by atoms with van der Waals surface area (Å²) in [6.07, 6.45) is 0.852. The minimum Gasteiger partial charge on any atom is -0.481 e. The van der Waals surface area contributed by atoms with Crippen LogP contribution in [-0.4, -0.2) is 59.5 Å². The van der Waals surface area contributed by atoms with Gasteiger partial charge in [0.25, 0.3) is 5.56 Å². The lowest BCUT2D eigenvalue weighted by Gasteiger charge is -2.43. The fraction of sp³-hybridized carbons (Fsp3) is 0.409. The summed E-state index contributed by atoms with van der Waals surface area (Å²) < 4.78 is 29.2. The quantitative estimate of drug-likeness (QED) is 0.574. The number of nitrogens with zero attached hydrogens (tertiary/aromatic N) is 2. The maximum atomic E-state index is 13.1. The number of hydrogen-bond donors (Lipinski definition) is 2. The second kappa shape index (κ2) is 9.60. The van der Waals surface area contributed by atoms with Gasteiger partial charge < -0.3 is 14.6 Å². The first-order valence-electron chi connectivity index (χ1n) is 10.6. The molecule has 0 spiro atoms. The molecule has 176 valence electrons. The van der Waals surface area contributed by atoms with E-state index in [1.54, 1.807) is 45.9 Å². The highest BCUT2D eigenvalue weighted by atomic mass is 32.2. The van der Waals surface area contributed by atoms with Gasteiger partial charge in [0, 0.05) is 31.2 Å². The summed E-state index contributed by atoms with van der Waals surface area (Å²) >= 11 is 1.08. The van der Waals surface area contributed by atoms with Crippen LogP contribution in [0.15, 0.2) is 47.3 Å². The Morgan fingerprint density at radius 3 is 2.55 bits per heavy atom. The molecule has 2 aliphatic rings. The fourth-order valence-corrected chi connectivity index (χ4v) is 6.37. The van der Waals surface area contributed by atoms with Gasteiger partial charge in [0.1, 0.15) is 5.69 Å². The van der Waals surface area contributed by atoms with Crippen LogP contribution in [0.4, 0.5) is 5.69 Å². The summed E-state index contributed by atoms with van der Waals surface area (Å²) in [5.74, 6) is -1.22. The van der Waals surface area contributed by atoms with Crippen LogP contribution < -0.4 is 10.3 Å². The number of anilines is 1. The van der Waals surface area contributed by atoms with Gasteiger partial charge in [-0.2, -0.15) is 0 Å². The van der Waals surface area contributed by atoms with Gasteiger partial charge in [-0.3, -0.25) is 19.1 Å². The van der Waals surface area contributed by atoms with E-state index in [1.165, 1.54) is 6.07 Å². The molecule has 1 aromatic heterocycles. The number of benzene rings is 1. The number of piperidine rings is 1. The molecule has 4 rings (SSSR count). The number of pyridine rings is 1. The standard InChI is InChI=1S/C22H25N3O6S2/c26-20(12-32-13-21(27)28)24-9-16-8-17(11-24)19-7-6-18(22(29)25(19)10-16)23-33(30,31)14-15-4-2-1-3-5-15/h1-7,16-17,23H,8-14H2,(H,27,28)/t16-,17+/m0/s1. The zero-order valence-corrected chi connectivity index (χ0v) is 19.5. The third kappa shape index (κ3) is 5.59. The minimum atomic E-state index is -3.75. The number of nitrogens with one attached hydrogen (secondary N) is 1. The summed E-state index contributed by atoms with van der Waals surface area (Å²) in [6.45, 7) is 1.37. The number of carbonyl (C=O) groups excluding carboxylic acids is 1. The molecule has 2 bridgehead atoms. The molecule has 11 heteroatoms. The van der Waals surface area contributed by atoms with Crippen molar-refractivity contribution in [1.29, 1.82) is 0 Å². The molecule has 0 radical (unpaired) electrons. The van der Waals surface area contributed by atoms with Crippen LogP contribution in [0.25, 0.3) is 0 Å². The summed E-state index contributed by atoms with van der Waals surface area (Å²) in [5.41, 5.74) is 1.06. The Bertz CT molecular complexity index is 1210. The number of carboxylic acid groups (broad SMARTS) is 1. The van der Waals surface area contributed by atoms with Crippen molar-refractivity contribution in [3.05, 3.63) is 64.1 Å². The molecule has 1 fully saturated rings. The SMILES string of the molecule is O=C(O)CSCC(=O)N1C[C@@H]2C[C@H](C1)c1ccc(NS(=O)(=O)Cc3ccccc3)c(=O)n1C2. The molecular weight excluding hydrogens is 466 g/mol. The van der Waals surface area contributed by atoms with Gasteiger partial charge in [0.2, 0.25) is 15.9 Å². The van der Waals surface area contributed by atoms with Crippen molar-refractivity contribution in [2.75, 3.05) is 29.3 Å². The van der Waals surface area contributed by atoms with Gasteiger partial charge in [-0.1, -0.05) is 30.3 Å². The van der Waals surface area contributed by atoms with Crippen molar-refractivity contribution >= 4 is 39.3 Å². The van der Waals surface area contributed by atoms with Crippen LogP contribution in [0.1, 0.15) is 23.6 Å². The zero-order chi connectivity index (χ0) is 23.6. The number of likely N-dealkylation sites (tertiary alicyclic amines) is 1. The number of amides is 1. The lowest BCUT2D eigenvalue weighted by Crippen LogP contribution is -2.49. The van der Waals surface area contributed by atoms with Gasteiger partial charge in [-0.05, 0) is 30.0 Å². The minimum absolute atomic E-state index is 0.0198. The van der Waals surface area contributed by atoms with E-state index in [0.29, 0.717) is 25.2 Å². The first-order valence-corrected chi connectivity index (χ1v) is 13.4. The van der Waals surface area contributed by atoms with Crippen molar-refractivity contribution in [3.8, 4) is 0 Å². The summed E-state index contributed by atoms with van der Waals surface area (Å²) in [4.78, 5) is 38.0. The Morgan fingerprint density at radius 2 is 1.82 bits per heavy atom. The number of sulfonamides is 1. The number of hydrogen-bond acceptors (Lipinski definition) is 6. The van der Waals surface area contributed by atoms with Gasteiger partial charge in [-0.25, -0.2) is 8.42 Å². The number of aliphatic carboxylic acids is 1. The average Bonchev–Trinajstić information content (AvgIpc) is 2.76. The molecule has 1 amide bonds. The Labute approximate surface area is 195 Å². The molecule has 1 aromatic carbocycles. The zero-order valence-electron chi connectivity index (χ0n) is 17.8. The smallest absolute Gasteiger partial charge is 0.313 e. The molecule has 0 saturated carbocycles. The molecule has 2 aliphatic heterocycles. The molecule has 2 atom stereocenters. The van der Waals surface area contributed by atoms with E-state index in [9.17, 15) is 22.8 Å². The number of fused-ring (bicyclic) bond motifs is 4. The van der Waals surface area contributed by atoms with Crippen LogP contribution in [0.3, 0.4) is 0 Å². The topological polar surface area (TPSA) is 126 Å². The molecule has 2 aromatic rings. The van der Waals surface area contributed by atoms with Crippen molar-refractivity contribution < 1.29 is 23.1 Å². The molecule has 1 saturated heterocycles. The number of thioether (sulfide) groups is 1. The predicted molar refractivity (Wildman–Crippen MR) is 126 cm³/mol. The molecule has 0 aliphatic carbocycles. The van der Waals surface area contributed by atoms with Crippen LogP contribution >= 0.6 is 11.8 Å². The van der Waals surface area contributed by atoms with E-state index < -0.39 is 16.0 Å².